The quantitative estimate of drug-likeness (QED) is 0.666. The highest BCUT2D eigenvalue weighted by Crippen LogP contribution is 2.27. The molecule has 152 valence electrons. The van der Waals surface area contributed by atoms with Crippen molar-refractivity contribution in [3.05, 3.63) is 53.8 Å². The molecule has 2 aromatic rings. The summed E-state index contributed by atoms with van der Waals surface area (Å²) in [5.41, 5.74) is 0.869. The van der Waals surface area contributed by atoms with Crippen molar-refractivity contribution in [2.45, 2.75) is 11.4 Å². The molecule has 0 aliphatic carbocycles. The summed E-state index contributed by atoms with van der Waals surface area (Å²) in [6.45, 7) is -0.0886. The van der Waals surface area contributed by atoms with Gasteiger partial charge in [0.25, 0.3) is 0 Å². The Kier molecular flexibility index (Phi) is 6.98. The van der Waals surface area contributed by atoms with Gasteiger partial charge >= 0.3 is 0 Å². The molecule has 0 heterocycles. The van der Waals surface area contributed by atoms with Gasteiger partial charge in [-0.1, -0.05) is 12.1 Å². The van der Waals surface area contributed by atoms with Gasteiger partial charge < -0.3 is 14.4 Å². The summed E-state index contributed by atoms with van der Waals surface area (Å²) in [6.07, 6.45) is 0. The number of amides is 1. The van der Waals surface area contributed by atoms with Crippen LogP contribution in [0.1, 0.15) is 5.56 Å². The van der Waals surface area contributed by atoms with Gasteiger partial charge in [0.2, 0.25) is 15.9 Å². The maximum absolute atomic E-state index is 13.5. The minimum absolute atomic E-state index is 0.00675. The fraction of sp³-hybridized carbons (Fsp3) is 0.316. The highest BCUT2D eigenvalue weighted by Gasteiger charge is 2.28. The summed E-state index contributed by atoms with van der Waals surface area (Å²) in [5.74, 6) is -0.409. The molecule has 28 heavy (non-hydrogen) atoms. The van der Waals surface area contributed by atoms with E-state index >= 15 is 0 Å². The molecule has 1 amide bonds. The molecule has 0 radical (unpaired) electrons. The molecule has 0 aromatic heterocycles. The fourth-order valence-electron chi connectivity index (χ4n) is 2.51. The predicted octanol–water partition coefficient (Wildman–Crippen LogP) is 2.12. The third-order valence-corrected chi connectivity index (χ3v) is 6.00. The first kappa shape index (κ1) is 21.6. The summed E-state index contributed by atoms with van der Waals surface area (Å²) in [7, 11) is 1.59. The van der Waals surface area contributed by atoms with Crippen LogP contribution in [0.3, 0.4) is 0 Å². The fourth-order valence-corrected chi connectivity index (χ4v) is 3.79. The van der Waals surface area contributed by atoms with Crippen LogP contribution >= 0.6 is 0 Å². The number of benzene rings is 2. The number of hydrogen-bond donors (Lipinski definition) is 0. The Morgan fingerprint density at radius 2 is 1.68 bits per heavy atom. The first-order valence-electron chi connectivity index (χ1n) is 8.35. The molecule has 0 unspecified atom stereocenters. The molecule has 0 atom stereocenters. The van der Waals surface area contributed by atoms with Crippen LogP contribution in [0.2, 0.25) is 0 Å². The van der Waals surface area contributed by atoms with Crippen molar-refractivity contribution in [3.8, 4) is 11.5 Å². The number of hydrogen-bond acceptors (Lipinski definition) is 5. The molecule has 0 spiro atoms. The first-order chi connectivity index (χ1) is 13.2. The van der Waals surface area contributed by atoms with E-state index in [1.54, 1.807) is 26.3 Å². The van der Waals surface area contributed by atoms with E-state index in [1.165, 1.54) is 25.1 Å². The van der Waals surface area contributed by atoms with Gasteiger partial charge in [-0.15, -0.1) is 0 Å². The SMILES string of the molecule is COc1ccc(CN(C)C(=O)CN(C)S(=O)(=O)c2cc(F)ccc2OC)cc1. The molecule has 0 aliphatic rings. The summed E-state index contributed by atoms with van der Waals surface area (Å²) in [5, 5.41) is 0. The van der Waals surface area contributed by atoms with Crippen LogP contribution in [-0.2, 0) is 21.4 Å². The molecule has 0 saturated carbocycles. The van der Waals surface area contributed by atoms with E-state index in [1.807, 2.05) is 12.1 Å². The molecular formula is C19H23FN2O5S. The molecule has 0 saturated heterocycles. The van der Waals surface area contributed by atoms with Gasteiger partial charge in [-0.3, -0.25) is 4.79 Å². The Balaban J connectivity index is 2.10. The van der Waals surface area contributed by atoms with Crippen LogP contribution in [0, 0.1) is 5.82 Å². The molecule has 7 nitrogen and oxygen atoms in total. The van der Waals surface area contributed by atoms with Crippen LogP contribution in [0.15, 0.2) is 47.4 Å². The molecule has 9 heteroatoms. The maximum atomic E-state index is 13.5. The van der Waals surface area contributed by atoms with E-state index in [9.17, 15) is 17.6 Å². The van der Waals surface area contributed by atoms with E-state index in [0.717, 1.165) is 22.0 Å². The molecule has 2 rings (SSSR count). The van der Waals surface area contributed by atoms with Gasteiger partial charge in [-0.2, -0.15) is 4.31 Å². The van der Waals surface area contributed by atoms with Crippen LogP contribution in [0.4, 0.5) is 4.39 Å². The third kappa shape index (κ3) is 4.99. The highest BCUT2D eigenvalue weighted by molar-refractivity contribution is 7.89. The lowest BCUT2D eigenvalue weighted by Gasteiger charge is -2.22. The topological polar surface area (TPSA) is 76.2 Å². The van der Waals surface area contributed by atoms with E-state index in [4.69, 9.17) is 9.47 Å². The van der Waals surface area contributed by atoms with Gasteiger partial charge in [0.05, 0.1) is 20.8 Å². The lowest BCUT2D eigenvalue weighted by molar-refractivity contribution is -0.130. The average molecular weight is 410 g/mol. The normalized spacial score (nSPS) is 11.4. The number of likely N-dealkylation sites (N-methyl/N-ethyl adjacent to an activating group) is 2. The van der Waals surface area contributed by atoms with E-state index < -0.39 is 28.3 Å². The number of carbonyl (C=O) groups is 1. The van der Waals surface area contributed by atoms with Gasteiger partial charge in [0.15, 0.2) is 0 Å². The van der Waals surface area contributed by atoms with Crippen molar-refractivity contribution in [3.63, 3.8) is 0 Å². The van der Waals surface area contributed by atoms with Gasteiger partial charge in [0.1, 0.15) is 22.2 Å². The Morgan fingerprint density at radius 1 is 1.04 bits per heavy atom. The molecule has 0 aliphatic heterocycles. The van der Waals surface area contributed by atoms with Crippen LogP contribution in [0.25, 0.3) is 0 Å². The van der Waals surface area contributed by atoms with E-state index in [0.29, 0.717) is 12.3 Å². The van der Waals surface area contributed by atoms with Crippen molar-refractivity contribution in [1.29, 1.82) is 0 Å². The third-order valence-electron chi connectivity index (χ3n) is 4.18. The zero-order chi connectivity index (χ0) is 20.9. The average Bonchev–Trinajstić information content (AvgIpc) is 2.68. The standard InChI is InChI=1S/C19H23FN2O5S/c1-21(12-14-5-8-16(26-3)9-6-14)19(23)13-22(2)28(24,25)18-11-15(20)7-10-17(18)27-4/h5-11H,12-13H2,1-4H3. The molecule has 2 aromatic carbocycles. The van der Waals surface area contributed by atoms with E-state index in [-0.39, 0.29) is 10.6 Å². The minimum atomic E-state index is -4.11. The maximum Gasteiger partial charge on any atom is 0.247 e. The van der Waals surface area contributed by atoms with Crippen LogP contribution in [-0.4, -0.2) is 58.4 Å². The first-order valence-corrected chi connectivity index (χ1v) is 9.79. The Morgan fingerprint density at radius 3 is 2.25 bits per heavy atom. The number of carbonyl (C=O) groups excluding carboxylic acids is 1. The summed E-state index contributed by atoms with van der Waals surface area (Å²) >= 11 is 0. The smallest absolute Gasteiger partial charge is 0.247 e. The summed E-state index contributed by atoms with van der Waals surface area (Å²) in [6, 6.07) is 10.4. The van der Waals surface area contributed by atoms with Crippen molar-refractivity contribution in [2.24, 2.45) is 0 Å². The van der Waals surface area contributed by atoms with Crippen molar-refractivity contribution in [1.82, 2.24) is 9.21 Å². The summed E-state index contributed by atoms with van der Waals surface area (Å²) < 4.78 is 50.0. The zero-order valence-electron chi connectivity index (χ0n) is 16.2. The van der Waals surface area contributed by atoms with Crippen molar-refractivity contribution < 1.29 is 27.1 Å². The largest absolute Gasteiger partial charge is 0.497 e. The second-order valence-corrected chi connectivity index (χ2v) is 8.17. The summed E-state index contributed by atoms with van der Waals surface area (Å²) in [4.78, 5) is 13.6. The predicted molar refractivity (Wildman–Crippen MR) is 102 cm³/mol. The van der Waals surface area contributed by atoms with Crippen LogP contribution in [0.5, 0.6) is 11.5 Å². The molecule has 0 N–H and O–H groups in total. The Hall–Kier alpha value is -2.65. The number of halogens is 1. The Labute approximate surface area is 164 Å². The number of rotatable bonds is 8. The molecular weight excluding hydrogens is 387 g/mol. The zero-order valence-corrected chi connectivity index (χ0v) is 17.0. The monoisotopic (exact) mass is 410 g/mol. The minimum Gasteiger partial charge on any atom is -0.497 e. The Bertz CT molecular complexity index is 932. The van der Waals surface area contributed by atoms with Crippen molar-refractivity contribution >= 4 is 15.9 Å². The number of sulfonamides is 1. The lowest BCUT2D eigenvalue weighted by atomic mass is 10.2. The highest BCUT2D eigenvalue weighted by atomic mass is 32.2. The second-order valence-electron chi connectivity index (χ2n) is 6.15. The molecule has 0 bridgehead atoms. The molecule has 0 fully saturated rings. The second kappa shape index (κ2) is 9.03. The van der Waals surface area contributed by atoms with Gasteiger partial charge in [-0.25, -0.2) is 12.8 Å². The number of ether oxygens (including phenoxy) is 2. The van der Waals surface area contributed by atoms with Crippen LogP contribution < -0.4 is 9.47 Å². The lowest BCUT2D eigenvalue weighted by Crippen LogP contribution is -2.39. The number of methoxy groups -OCH3 is 2. The number of nitrogens with zero attached hydrogens (tertiary/aromatic N) is 2. The van der Waals surface area contributed by atoms with Gasteiger partial charge in [0, 0.05) is 20.6 Å². The van der Waals surface area contributed by atoms with E-state index in [2.05, 4.69) is 0 Å². The van der Waals surface area contributed by atoms with Crippen molar-refractivity contribution in [2.75, 3.05) is 34.9 Å². The van der Waals surface area contributed by atoms with Gasteiger partial charge in [-0.05, 0) is 35.9 Å².